The number of amides is 2. The maximum absolute atomic E-state index is 12.1. The number of hydrogen-bond donors (Lipinski definition) is 0. The molecule has 0 atom stereocenters. The Kier molecular flexibility index (Phi) is 6.33. The fourth-order valence-electron chi connectivity index (χ4n) is 2.11. The number of carbonyl (C=O) groups excluding carboxylic acids is 2. The van der Waals surface area contributed by atoms with Crippen molar-refractivity contribution >= 4 is 23.6 Å². The molecule has 7 heteroatoms. The van der Waals surface area contributed by atoms with E-state index in [1.807, 2.05) is 18.2 Å². The van der Waals surface area contributed by atoms with Crippen molar-refractivity contribution in [1.29, 1.82) is 0 Å². The highest BCUT2D eigenvalue weighted by Crippen LogP contribution is 2.09. The van der Waals surface area contributed by atoms with Gasteiger partial charge in [-0.05, 0) is 12.1 Å². The lowest BCUT2D eigenvalue weighted by molar-refractivity contribution is -0.134. The third-order valence-electron chi connectivity index (χ3n) is 3.30. The molecule has 2 rings (SSSR count). The van der Waals surface area contributed by atoms with Gasteiger partial charge in [0.05, 0.1) is 5.88 Å². The first kappa shape index (κ1) is 16.4. The van der Waals surface area contributed by atoms with Crippen LogP contribution in [0, 0.1) is 0 Å². The Balaban J connectivity index is 1.72. The van der Waals surface area contributed by atoms with Crippen LogP contribution in [-0.4, -0.2) is 67.1 Å². The molecule has 0 aliphatic carbocycles. The molecule has 1 saturated heterocycles. The molecule has 0 bridgehead atoms. The van der Waals surface area contributed by atoms with Crippen LogP contribution in [0.25, 0.3) is 0 Å². The molecule has 0 unspecified atom stereocenters. The van der Waals surface area contributed by atoms with Crippen LogP contribution in [0.2, 0.25) is 0 Å². The fraction of sp³-hybridized carbons (Fsp3) is 0.467. The molecule has 0 spiro atoms. The molecule has 6 nitrogen and oxygen atoms in total. The maximum atomic E-state index is 12.1. The molecule has 1 heterocycles. The summed E-state index contributed by atoms with van der Waals surface area (Å²) in [5.41, 5.74) is 0. The zero-order valence-electron chi connectivity index (χ0n) is 12.2. The quantitative estimate of drug-likeness (QED) is 0.771. The number of alkyl halides is 1. The number of para-hydroxylation sites is 1. The number of ether oxygens (including phenoxy) is 2. The minimum absolute atomic E-state index is 0.000702. The van der Waals surface area contributed by atoms with Gasteiger partial charge in [-0.1, -0.05) is 18.2 Å². The Morgan fingerprint density at radius 3 is 2.32 bits per heavy atom. The zero-order valence-corrected chi connectivity index (χ0v) is 13.0. The summed E-state index contributed by atoms with van der Waals surface area (Å²) in [6, 6.07) is 9.20. The van der Waals surface area contributed by atoms with Gasteiger partial charge in [0.1, 0.15) is 12.4 Å². The van der Waals surface area contributed by atoms with Crippen LogP contribution in [-0.2, 0) is 9.53 Å². The summed E-state index contributed by atoms with van der Waals surface area (Å²) < 4.78 is 10.4. The summed E-state index contributed by atoms with van der Waals surface area (Å²) in [5, 5.41) is 0. The minimum Gasteiger partial charge on any atom is -0.484 e. The van der Waals surface area contributed by atoms with E-state index in [9.17, 15) is 9.59 Å². The highest BCUT2D eigenvalue weighted by Gasteiger charge is 2.25. The average molecular weight is 327 g/mol. The Bertz CT molecular complexity index is 490. The van der Waals surface area contributed by atoms with Crippen molar-refractivity contribution in [1.82, 2.24) is 9.80 Å². The number of halogens is 1. The summed E-state index contributed by atoms with van der Waals surface area (Å²) in [6.07, 6.45) is -0.381. The average Bonchev–Trinajstić information content (AvgIpc) is 2.58. The number of nitrogens with zero attached hydrogens (tertiary/aromatic N) is 2. The molecule has 1 aliphatic rings. The predicted octanol–water partition coefficient (Wildman–Crippen LogP) is 1.58. The monoisotopic (exact) mass is 326 g/mol. The summed E-state index contributed by atoms with van der Waals surface area (Å²) in [6.45, 7) is 2.07. The second-order valence-corrected chi connectivity index (χ2v) is 5.15. The van der Waals surface area contributed by atoms with E-state index in [0.717, 1.165) is 0 Å². The largest absolute Gasteiger partial charge is 0.484 e. The molecule has 1 aromatic carbocycles. The second-order valence-electron chi connectivity index (χ2n) is 4.77. The van der Waals surface area contributed by atoms with Crippen LogP contribution in [0.4, 0.5) is 4.79 Å². The van der Waals surface area contributed by atoms with E-state index in [4.69, 9.17) is 21.1 Å². The Hall–Kier alpha value is -1.95. The van der Waals surface area contributed by atoms with Crippen LogP contribution in [0.3, 0.4) is 0 Å². The Morgan fingerprint density at radius 1 is 1.05 bits per heavy atom. The molecular formula is C15H19ClN2O4. The molecule has 1 aromatic rings. The third-order valence-corrected chi connectivity index (χ3v) is 3.45. The van der Waals surface area contributed by atoms with Crippen molar-refractivity contribution in [2.24, 2.45) is 0 Å². The van der Waals surface area contributed by atoms with E-state index < -0.39 is 0 Å². The number of carbonyl (C=O) groups is 2. The van der Waals surface area contributed by atoms with E-state index in [0.29, 0.717) is 31.9 Å². The van der Waals surface area contributed by atoms with Crippen LogP contribution in [0.1, 0.15) is 0 Å². The summed E-state index contributed by atoms with van der Waals surface area (Å²) in [4.78, 5) is 27.0. The van der Waals surface area contributed by atoms with E-state index in [-0.39, 0.29) is 31.1 Å². The fourth-order valence-corrected chi connectivity index (χ4v) is 2.19. The highest BCUT2D eigenvalue weighted by molar-refractivity contribution is 6.18. The lowest BCUT2D eigenvalue weighted by Gasteiger charge is -2.34. The van der Waals surface area contributed by atoms with Gasteiger partial charge in [-0.25, -0.2) is 4.79 Å². The van der Waals surface area contributed by atoms with Crippen LogP contribution in [0.5, 0.6) is 5.75 Å². The molecule has 1 fully saturated rings. The van der Waals surface area contributed by atoms with Gasteiger partial charge in [0.2, 0.25) is 0 Å². The van der Waals surface area contributed by atoms with Crippen LogP contribution >= 0.6 is 11.6 Å². The van der Waals surface area contributed by atoms with Gasteiger partial charge in [-0.3, -0.25) is 4.79 Å². The summed E-state index contributed by atoms with van der Waals surface area (Å²) in [5.74, 6) is 0.859. The maximum Gasteiger partial charge on any atom is 0.409 e. The van der Waals surface area contributed by atoms with Gasteiger partial charge < -0.3 is 19.3 Å². The van der Waals surface area contributed by atoms with E-state index in [2.05, 4.69) is 0 Å². The first-order valence-corrected chi connectivity index (χ1v) is 7.67. The third kappa shape index (κ3) is 4.80. The van der Waals surface area contributed by atoms with Gasteiger partial charge in [0.15, 0.2) is 6.61 Å². The van der Waals surface area contributed by atoms with Gasteiger partial charge in [0.25, 0.3) is 5.91 Å². The molecule has 22 heavy (non-hydrogen) atoms. The topological polar surface area (TPSA) is 59.1 Å². The van der Waals surface area contributed by atoms with Crippen molar-refractivity contribution in [3.8, 4) is 5.75 Å². The lowest BCUT2D eigenvalue weighted by atomic mass is 10.3. The standard InChI is InChI=1S/C15H19ClN2O4/c16-6-11-21-15(20)18-9-7-17(8-10-18)14(19)12-22-13-4-2-1-3-5-13/h1-5H,6-12H2. The van der Waals surface area contributed by atoms with Gasteiger partial charge >= 0.3 is 6.09 Å². The first-order chi connectivity index (χ1) is 10.7. The molecule has 1 aliphatic heterocycles. The summed E-state index contributed by atoms with van der Waals surface area (Å²) in [7, 11) is 0. The van der Waals surface area contributed by atoms with Crippen molar-refractivity contribution in [3.05, 3.63) is 30.3 Å². The molecule has 0 saturated carbocycles. The van der Waals surface area contributed by atoms with Crippen LogP contribution in [0.15, 0.2) is 30.3 Å². The van der Waals surface area contributed by atoms with Gasteiger partial charge in [-0.2, -0.15) is 0 Å². The molecule has 0 aromatic heterocycles. The van der Waals surface area contributed by atoms with Crippen molar-refractivity contribution in [2.45, 2.75) is 0 Å². The first-order valence-electron chi connectivity index (χ1n) is 7.14. The SMILES string of the molecule is O=C(COc1ccccc1)N1CCN(C(=O)OCCCl)CC1. The molecule has 120 valence electrons. The van der Waals surface area contributed by atoms with Crippen molar-refractivity contribution in [3.63, 3.8) is 0 Å². The van der Waals surface area contributed by atoms with Crippen molar-refractivity contribution in [2.75, 3.05) is 45.3 Å². The zero-order chi connectivity index (χ0) is 15.8. The Labute approximate surface area is 134 Å². The predicted molar refractivity (Wildman–Crippen MR) is 82.2 cm³/mol. The van der Waals surface area contributed by atoms with Crippen molar-refractivity contribution < 1.29 is 19.1 Å². The molecule has 0 radical (unpaired) electrons. The minimum atomic E-state index is -0.381. The van der Waals surface area contributed by atoms with E-state index in [1.54, 1.807) is 21.9 Å². The molecule has 0 N–H and O–H groups in total. The smallest absolute Gasteiger partial charge is 0.409 e. The van der Waals surface area contributed by atoms with Gasteiger partial charge in [0, 0.05) is 26.2 Å². The van der Waals surface area contributed by atoms with Gasteiger partial charge in [-0.15, -0.1) is 11.6 Å². The van der Waals surface area contributed by atoms with E-state index >= 15 is 0 Å². The molecular weight excluding hydrogens is 308 g/mol. The number of piperazine rings is 1. The van der Waals surface area contributed by atoms with Crippen LogP contribution < -0.4 is 4.74 Å². The molecule has 2 amide bonds. The highest BCUT2D eigenvalue weighted by atomic mass is 35.5. The number of rotatable bonds is 5. The summed E-state index contributed by atoms with van der Waals surface area (Å²) >= 11 is 5.47. The number of hydrogen-bond acceptors (Lipinski definition) is 4. The second kappa shape index (κ2) is 8.48. The normalized spacial score (nSPS) is 14.6. The van der Waals surface area contributed by atoms with E-state index in [1.165, 1.54) is 0 Å². The lowest BCUT2D eigenvalue weighted by Crippen LogP contribution is -2.51. The Morgan fingerprint density at radius 2 is 1.68 bits per heavy atom. The number of benzene rings is 1.